The van der Waals surface area contributed by atoms with Crippen LogP contribution >= 0.6 is 0 Å². The SMILES string of the molecule is C#CCCNC1CCCCCC1. The van der Waals surface area contributed by atoms with E-state index in [1.165, 1.54) is 38.5 Å². The summed E-state index contributed by atoms with van der Waals surface area (Å²) in [6, 6.07) is 0.751. The Morgan fingerprint density at radius 3 is 2.42 bits per heavy atom. The predicted molar refractivity (Wildman–Crippen MR) is 52.9 cm³/mol. The molecule has 1 nitrogen and oxygen atoms in total. The second kappa shape index (κ2) is 6.08. The maximum Gasteiger partial charge on any atom is 0.0211 e. The average molecular weight is 165 g/mol. The minimum Gasteiger partial charge on any atom is -0.313 e. The van der Waals surface area contributed by atoms with Gasteiger partial charge in [-0.05, 0) is 12.8 Å². The molecule has 1 aliphatic rings. The van der Waals surface area contributed by atoms with Crippen molar-refractivity contribution < 1.29 is 0 Å². The number of rotatable bonds is 3. The van der Waals surface area contributed by atoms with Crippen LogP contribution in [-0.2, 0) is 0 Å². The lowest BCUT2D eigenvalue weighted by molar-refractivity contribution is 0.466. The van der Waals surface area contributed by atoms with Gasteiger partial charge in [-0.25, -0.2) is 0 Å². The first-order valence-electron chi connectivity index (χ1n) is 5.10. The summed E-state index contributed by atoms with van der Waals surface area (Å²) in [5, 5.41) is 3.52. The highest BCUT2D eigenvalue weighted by Gasteiger charge is 2.09. The molecular formula is C11H19N. The molecule has 1 N–H and O–H groups in total. The Hall–Kier alpha value is -0.480. The third kappa shape index (κ3) is 3.78. The Morgan fingerprint density at radius 1 is 1.17 bits per heavy atom. The molecule has 68 valence electrons. The molecule has 1 fully saturated rings. The Kier molecular flexibility index (Phi) is 4.87. The molecule has 1 rings (SSSR count). The third-order valence-corrected chi connectivity index (χ3v) is 2.56. The first-order valence-corrected chi connectivity index (χ1v) is 5.10. The maximum atomic E-state index is 5.18. The molecule has 0 spiro atoms. The normalized spacial score (nSPS) is 19.9. The van der Waals surface area contributed by atoms with Gasteiger partial charge in [0.1, 0.15) is 0 Å². The van der Waals surface area contributed by atoms with Gasteiger partial charge in [-0.2, -0.15) is 0 Å². The summed E-state index contributed by atoms with van der Waals surface area (Å²) in [5.74, 6) is 2.66. The van der Waals surface area contributed by atoms with Crippen molar-refractivity contribution in [2.45, 2.75) is 51.0 Å². The molecule has 0 saturated heterocycles. The van der Waals surface area contributed by atoms with Crippen LogP contribution in [0.2, 0.25) is 0 Å². The van der Waals surface area contributed by atoms with Crippen molar-refractivity contribution in [3.63, 3.8) is 0 Å². The van der Waals surface area contributed by atoms with Crippen LogP contribution in [-0.4, -0.2) is 12.6 Å². The van der Waals surface area contributed by atoms with Gasteiger partial charge in [0, 0.05) is 19.0 Å². The molecular weight excluding hydrogens is 146 g/mol. The summed E-state index contributed by atoms with van der Waals surface area (Å²) in [4.78, 5) is 0. The van der Waals surface area contributed by atoms with E-state index in [2.05, 4.69) is 11.2 Å². The van der Waals surface area contributed by atoms with Crippen molar-refractivity contribution in [1.82, 2.24) is 5.32 Å². The van der Waals surface area contributed by atoms with E-state index < -0.39 is 0 Å². The van der Waals surface area contributed by atoms with Crippen molar-refractivity contribution in [3.05, 3.63) is 0 Å². The summed E-state index contributed by atoms with van der Waals surface area (Å²) in [6.07, 6.45) is 14.4. The van der Waals surface area contributed by atoms with Crippen molar-refractivity contribution in [3.8, 4) is 12.3 Å². The topological polar surface area (TPSA) is 12.0 Å². The van der Waals surface area contributed by atoms with E-state index in [9.17, 15) is 0 Å². The van der Waals surface area contributed by atoms with E-state index >= 15 is 0 Å². The van der Waals surface area contributed by atoms with Gasteiger partial charge in [0.05, 0.1) is 0 Å². The van der Waals surface area contributed by atoms with Crippen LogP contribution in [0.15, 0.2) is 0 Å². The standard InChI is InChI=1S/C11H19N/c1-2-3-10-12-11-8-6-4-5-7-9-11/h1,11-12H,3-10H2. The molecule has 1 heteroatoms. The molecule has 1 aliphatic carbocycles. The van der Waals surface area contributed by atoms with Gasteiger partial charge in [0.2, 0.25) is 0 Å². The highest BCUT2D eigenvalue weighted by atomic mass is 14.9. The monoisotopic (exact) mass is 165 g/mol. The lowest BCUT2D eigenvalue weighted by atomic mass is 10.1. The van der Waals surface area contributed by atoms with Gasteiger partial charge in [0.15, 0.2) is 0 Å². The third-order valence-electron chi connectivity index (χ3n) is 2.56. The Bertz CT molecular complexity index is 138. The van der Waals surface area contributed by atoms with Crippen LogP contribution in [0.1, 0.15) is 44.9 Å². The Labute approximate surface area is 75.9 Å². The fourth-order valence-electron chi connectivity index (χ4n) is 1.83. The molecule has 0 atom stereocenters. The summed E-state index contributed by atoms with van der Waals surface area (Å²) >= 11 is 0. The zero-order valence-electron chi connectivity index (χ0n) is 7.81. The molecule has 0 radical (unpaired) electrons. The second-order valence-corrected chi connectivity index (χ2v) is 3.60. The molecule has 0 heterocycles. The quantitative estimate of drug-likeness (QED) is 0.384. The molecule has 0 aromatic rings. The summed E-state index contributed by atoms with van der Waals surface area (Å²) in [6.45, 7) is 1.00. The number of terminal acetylenes is 1. The van der Waals surface area contributed by atoms with E-state index in [4.69, 9.17) is 6.42 Å². The van der Waals surface area contributed by atoms with Crippen LogP contribution in [0, 0.1) is 12.3 Å². The lowest BCUT2D eigenvalue weighted by Gasteiger charge is -2.14. The van der Waals surface area contributed by atoms with Crippen LogP contribution < -0.4 is 5.32 Å². The molecule has 0 bridgehead atoms. The van der Waals surface area contributed by atoms with Crippen molar-refractivity contribution in [1.29, 1.82) is 0 Å². The highest BCUT2D eigenvalue weighted by Crippen LogP contribution is 2.16. The second-order valence-electron chi connectivity index (χ2n) is 3.60. The maximum absolute atomic E-state index is 5.18. The van der Waals surface area contributed by atoms with Gasteiger partial charge in [-0.15, -0.1) is 12.3 Å². The first-order chi connectivity index (χ1) is 5.93. The molecule has 0 aliphatic heterocycles. The zero-order valence-corrected chi connectivity index (χ0v) is 7.81. The zero-order chi connectivity index (χ0) is 8.65. The summed E-state index contributed by atoms with van der Waals surface area (Å²) in [7, 11) is 0. The highest BCUT2D eigenvalue weighted by molar-refractivity contribution is 4.85. The molecule has 12 heavy (non-hydrogen) atoms. The largest absolute Gasteiger partial charge is 0.313 e. The van der Waals surface area contributed by atoms with Crippen LogP contribution in [0.4, 0.5) is 0 Å². The fraction of sp³-hybridized carbons (Fsp3) is 0.818. The van der Waals surface area contributed by atoms with Crippen LogP contribution in [0.25, 0.3) is 0 Å². The molecule has 1 saturated carbocycles. The van der Waals surface area contributed by atoms with Gasteiger partial charge in [-0.3, -0.25) is 0 Å². The number of hydrogen-bond donors (Lipinski definition) is 1. The summed E-state index contributed by atoms with van der Waals surface area (Å²) in [5.41, 5.74) is 0. The average Bonchev–Trinajstić information content (AvgIpc) is 2.33. The molecule has 0 unspecified atom stereocenters. The molecule has 0 aromatic carbocycles. The number of hydrogen-bond acceptors (Lipinski definition) is 1. The van der Waals surface area contributed by atoms with Gasteiger partial charge in [-0.1, -0.05) is 25.7 Å². The van der Waals surface area contributed by atoms with Crippen LogP contribution in [0.3, 0.4) is 0 Å². The summed E-state index contributed by atoms with van der Waals surface area (Å²) < 4.78 is 0. The van der Waals surface area contributed by atoms with Crippen LogP contribution in [0.5, 0.6) is 0 Å². The van der Waals surface area contributed by atoms with E-state index in [0.717, 1.165) is 19.0 Å². The Morgan fingerprint density at radius 2 is 1.83 bits per heavy atom. The molecule has 0 amide bonds. The van der Waals surface area contributed by atoms with E-state index in [0.29, 0.717) is 0 Å². The molecule has 0 aromatic heterocycles. The van der Waals surface area contributed by atoms with Crippen molar-refractivity contribution in [2.75, 3.05) is 6.54 Å². The predicted octanol–water partition coefficient (Wildman–Crippen LogP) is 2.32. The van der Waals surface area contributed by atoms with Crippen molar-refractivity contribution in [2.24, 2.45) is 0 Å². The first kappa shape index (κ1) is 9.61. The van der Waals surface area contributed by atoms with Gasteiger partial charge in [0.25, 0.3) is 0 Å². The minimum atomic E-state index is 0.751. The fourth-order valence-corrected chi connectivity index (χ4v) is 1.83. The lowest BCUT2D eigenvalue weighted by Crippen LogP contribution is -2.29. The van der Waals surface area contributed by atoms with Crippen molar-refractivity contribution >= 4 is 0 Å². The van der Waals surface area contributed by atoms with E-state index in [1.54, 1.807) is 0 Å². The Balaban J connectivity index is 2.08. The smallest absolute Gasteiger partial charge is 0.0211 e. The minimum absolute atomic E-state index is 0.751. The number of nitrogens with one attached hydrogen (secondary N) is 1. The van der Waals surface area contributed by atoms with Gasteiger partial charge >= 0.3 is 0 Å². The van der Waals surface area contributed by atoms with E-state index in [1.807, 2.05) is 0 Å². The van der Waals surface area contributed by atoms with Gasteiger partial charge < -0.3 is 5.32 Å². The van der Waals surface area contributed by atoms with E-state index in [-0.39, 0.29) is 0 Å².